The van der Waals surface area contributed by atoms with Crippen molar-refractivity contribution in [3.8, 4) is 108 Å². The van der Waals surface area contributed by atoms with Crippen molar-refractivity contribution in [2.45, 2.75) is 0 Å². The van der Waals surface area contributed by atoms with E-state index in [-0.39, 0.29) is 0 Å². The number of aromatic nitrogens is 12. The standard InChI is InChI=1S/C35H22N4.2C33H22N4/c1-3-13-25(14-4-1)33-36-34(26-15-5-2-6-16-26)38-35(37-33)39-29-21-19-23-11-7-9-17-27(23)31(29)32-28-18-10-8-12-24(28)20-22-30(32)39;1-3-12-23(13-4-1)31-34-32(24-14-5-2-6-15-24)36-33(35-31)25-16-11-17-26(22-25)37-29-20-9-7-18-27(29)28-19-8-10-21-30(28)37;1-3-11-23(12-4-1)31-34-32(24-13-5-2-6-14-24)36-33(35-31)25-19-21-26(22-20-25)37-29-17-9-7-15-27(29)28-16-8-10-18-30(28)37/h1-22H;2*1-22H. The topological polar surface area (TPSA) is 131 Å². The van der Waals surface area contributed by atoms with Gasteiger partial charge in [-0.05, 0) is 94.3 Å². The maximum absolute atomic E-state index is 5.07. The summed E-state index contributed by atoms with van der Waals surface area (Å²) in [5, 5.41) is 12.3. The molecule has 22 aromatic rings. The van der Waals surface area contributed by atoms with Crippen LogP contribution in [0.1, 0.15) is 0 Å². The van der Waals surface area contributed by atoms with E-state index in [0.717, 1.165) is 66.9 Å². The molecular weight excluding hydrogens is 1380 g/mol. The van der Waals surface area contributed by atoms with Crippen molar-refractivity contribution < 1.29 is 0 Å². The predicted octanol–water partition coefficient (Wildman–Crippen LogP) is 24.5. The molecule has 0 fully saturated rings. The molecule has 6 aromatic heterocycles. The molecule has 12 heteroatoms. The van der Waals surface area contributed by atoms with Crippen LogP contribution in [0.2, 0.25) is 0 Å². The molecule has 0 aliphatic carbocycles. The summed E-state index contributed by atoms with van der Waals surface area (Å²) in [7, 11) is 0. The van der Waals surface area contributed by atoms with Crippen LogP contribution in [0, 0.1) is 0 Å². The molecule has 0 N–H and O–H groups in total. The zero-order valence-corrected chi connectivity index (χ0v) is 61.0. The van der Waals surface area contributed by atoms with Crippen LogP contribution in [0.25, 0.3) is 195 Å². The Labute approximate surface area is 650 Å². The average molecular weight is 1450 g/mol. The van der Waals surface area contributed by atoms with Crippen LogP contribution in [-0.2, 0) is 0 Å². The van der Waals surface area contributed by atoms with Crippen molar-refractivity contribution in [1.82, 2.24) is 58.6 Å². The minimum absolute atomic E-state index is 0.605. The summed E-state index contributed by atoms with van der Waals surface area (Å²) in [5.74, 6) is 5.85. The maximum atomic E-state index is 5.07. The second kappa shape index (κ2) is 29.2. The van der Waals surface area contributed by atoms with Gasteiger partial charge in [0.05, 0.1) is 33.1 Å². The van der Waals surface area contributed by atoms with Crippen LogP contribution in [0.15, 0.2) is 400 Å². The number of para-hydroxylation sites is 4. The minimum Gasteiger partial charge on any atom is -0.309 e. The molecule has 6 heterocycles. The zero-order valence-electron chi connectivity index (χ0n) is 61.0. The van der Waals surface area contributed by atoms with Crippen molar-refractivity contribution in [3.63, 3.8) is 0 Å². The number of rotatable bonds is 11. The minimum atomic E-state index is 0.605. The Hall–Kier alpha value is -15.5. The first kappa shape index (κ1) is 66.9. The van der Waals surface area contributed by atoms with Gasteiger partial charge in [0.1, 0.15) is 0 Å². The number of benzene rings is 16. The summed E-state index contributed by atoms with van der Waals surface area (Å²) in [6.07, 6.45) is 0. The Kier molecular flexibility index (Phi) is 17.3. The van der Waals surface area contributed by atoms with Gasteiger partial charge in [-0.2, -0.15) is 9.97 Å². The Balaban J connectivity index is 0.000000110. The molecular formula is C101H66N12. The zero-order chi connectivity index (χ0) is 75.0. The highest BCUT2D eigenvalue weighted by atomic mass is 15.2. The SMILES string of the molecule is c1ccc(-c2nc(-c3ccccc3)nc(-c3ccc(-n4c5ccccc5c5ccccc54)cc3)n2)cc1.c1ccc(-c2nc(-c3ccccc3)nc(-c3cccc(-n4c5ccccc5c5ccccc54)c3)n2)cc1.c1ccc(-c2nc(-c3ccccc3)nc(-n3c4ccc5ccccc5c4c4c5ccccc5ccc43)n2)cc1. The maximum Gasteiger partial charge on any atom is 0.238 e. The van der Waals surface area contributed by atoms with Crippen molar-refractivity contribution in [3.05, 3.63) is 400 Å². The first-order valence-electron chi connectivity index (χ1n) is 37.7. The largest absolute Gasteiger partial charge is 0.309 e. The molecule has 113 heavy (non-hydrogen) atoms. The highest BCUT2D eigenvalue weighted by Crippen LogP contribution is 2.42. The second-order valence-corrected chi connectivity index (χ2v) is 27.6. The van der Waals surface area contributed by atoms with Gasteiger partial charge in [0.15, 0.2) is 46.6 Å². The van der Waals surface area contributed by atoms with Crippen LogP contribution >= 0.6 is 0 Å². The van der Waals surface area contributed by atoms with E-state index in [9.17, 15) is 0 Å². The van der Waals surface area contributed by atoms with E-state index in [2.05, 4.69) is 232 Å². The highest BCUT2D eigenvalue weighted by Gasteiger charge is 2.23. The summed E-state index contributed by atoms with van der Waals surface area (Å²) in [6.45, 7) is 0. The summed E-state index contributed by atoms with van der Waals surface area (Å²) in [4.78, 5) is 44.2. The fourth-order valence-corrected chi connectivity index (χ4v) is 15.5. The molecule has 0 saturated heterocycles. The van der Waals surface area contributed by atoms with E-state index in [1.165, 1.54) is 75.9 Å². The quantitative estimate of drug-likeness (QED) is 0.124. The number of nitrogens with zero attached hydrogens (tertiary/aromatic N) is 12. The molecule has 0 bridgehead atoms. The summed E-state index contributed by atoms with van der Waals surface area (Å²) in [5.41, 5.74) is 16.7. The van der Waals surface area contributed by atoms with Crippen LogP contribution in [0.3, 0.4) is 0 Å². The van der Waals surface area contributed by atoms with Gasteiger partial charge in [-0.25, -0.2) is 34.9 Å². The fourth-order valence-electron chi connectivity index (χ4n) is 15.5. The van der Waals surface area contributed by atoms with E-state index in [1.807, 2.05) is 182 Å². The summed E-state index contributed by atoms with van der Waals surface area (Å²) in [6, 6.07) is 137. The molecule has 12 nitrogen and oxygen atoms in total. The molecule has 0 aliphatic heterocycles. The molecule has 0 unspecified atom stereocenters. The van der Waals surface area contributed by atoms with E-state index < -0.39 is 0 Å². The molecule has 0 atom stereocenters. The average Bonchev–Trinajstić information content (AvgIpc) is 1.57. The molecule has 22 rings (SSSR count). The van der Waals surface area contributed by atoms with Crippen LogP contribution in [-0.4, -0.2) is 58.6 Å². The molecule has 0 aliphatic rings. The van der Waals surface area contributed by atoms with Gasteiger partial charge in [0.2, 0.25) is 5.95 Å². The van der Waals surface area contributed by atoms with Crippen molar-refractivity contribution in [2.75, 3.05) is 0 Å². The van der Waals surface area contributed by atoms with Crippen LogP contribution < -0.4 is 0 Å². The smallest absolute Gasteiger partial charge is 0.238 e. The summed E-state index contributed by atoms with van der Waals surface area (Å²) < 4.78 is 6.82. The Morgan fingerprint density at radius 1 is 0.150 bits per heavy atom. The number of hydrogen-bond acceptors (Lipinski definition) is 9. The van der Waals surface area contributed by atoms with Gasteiger partial charge in [-0.1, -0.05) is 328 Å². The normalized spacial score (nSPS) is 11.4. The molecule has 0 saturated carbocycles. The molecule has 0 amide bonds. The van der Waals surface area contributed by atoms with Gasteiger partial charge in [-0.15, -0.1) is 0 Å². The number of hydrogen-bond donors (Lipinski definition) is 0. The number of fused-ring (bicyclic) bond motifs is 13. The van der Waals surface area contributed by atoms with E-state index in [0.29, 0.717) is 52.5 Å². The Bertz CT molecular complexity index is 6900. The van der Waals surface area contributed by atoms with Crippen molar-refractivity contribution in [2.24, 2.45) is 0 Å². The lowest BCUT2D eigenvalue weighted by Gasteiger charge is -2.11. The lowest BCUT2D eigenvalue weighted by molar-refractivity contribution is 0.954. The van der Waals surface area contributed by atoms with Crippen molar-refractivity contribution in [1.29, 1.82) is 0 Å². The lowest BCUT2D eigenvalue weighted by Crippen LogP contribution is -2.06. The van der Waals surface area contributed by atoms with Gasteiger partial charge in [-0.3, -0.25) is 4.57 Å². The van der Waals surface area contributed by atoms with Gasteiger partial charge < -0.3 is 9.13 Å². The van der Waals surface area contributed by atoms with E-state index in [4.69, 9.17) is 44.9 Å². The van der Waals surface area contributed by atoms with Gasteiger partial charge in [0, 0.05) is 88.2 Å². The van der Waals surface area contributed by atoms with Crippen molar-refractivity contribution >= 4 is 87.0 Å². The first-order valence-corrected chi connectivity index (χ1v) is 37.7. The second-order valence-electron chi connectivity index (χ2n) is 27.6. The van der Waals surface area contributed by atoms with Crippen LogP contribution in [0.5, 0.6) is 0 Å². The van der Waals surface area contributed by atoms with Gasteiger partial charge >= 0.3 is 0 Å². The Morgan fingerprint density at radius 3 is 0.743 bits per heavy atom. The lowest BCUT2D eigenvalue weighted by atomic mass is 10.00. The highest BCUT2D eigenvalue weighted by molar-refractivity contribution is 6.28. The molecule has 0 radical (unpaired) electrons. The molecule has 530 valence electrons. The third-order valence-corrected chi connectivity index (χ3v) is 20.7. The first-order chi connectivity index (χ1) is 56.0. The monoisotopic (exact) mass is 1450 g/mol. The van der Waals surface area contributed by atoms with E-state index in [1.54, 1.807) is 0 Å². The van der Waals surface area contributed by atoms with Gasteiger partial charge in [0.25, 0.3) is 0 Å². The van der Waals surface area contributed by atoms with Crippen LogP contribution in [0.4, 0.5) is 0 Å². The molecule has 0 spiro atoms. The predicted molar refractivity (Wildman–Crippen MR) is 461 cm³/mol. The third-order valence-electron chi connectivity index (χ3n) is 20.7. The molecule has 16 aromatic carbocycles. The van der Waals surface area contributed by atoms with E-state index >= 15 is 0 Å². The third kappa shape index (κ3) is 12.7. The fraction of sp³-hybridized carbons (Fsp3) is 0. The Morgan fingerprint density at radius 2 is 0.407 bits per heavy atom. The summed E-state index contributed by atoms with van der Waals surface area (Å²) >= 11 is 0.